The first-order valence-corrected chi connectivity index (χ1v) is 11.5. The third-order valence-corrected chi connectivity index (χ3v) is 5.64. The second-order valence-corrected chi connectivity index (χ2v) is 9.14. The Labute approximate surface area is 204 Å². The number of benzene rings is 2. The fourth-order valence-electron chi connectivity index (χ4n) is 3.90. The topological polar surface area (TPSA) is 115 Å². The number of hydrogen-bond donors (Lipinski definition) is 2. The number of nitrogens with zero attached hydrogens (tertiary/aromatic N) is 3. The van der Waals surface area contributed by atoms with Gasteiger partial charge in [0.2, 0.25) is 5.95 Å². The molecule has 0 spiro atoms. The van der Waals surface area contributed by atoms with E-state index in [1.54, 1.807) is 13.2 Å². The minimum absolute atomic E-state index is 0.0676. The van der Waals surface area contributed by atoms with Gasteiger partial charge in [-0.1, -0.05) is 49.7 Å². The Balaban J connectivity index is 2.09. The van der Waals surface area contributed by atoms with E-state index in [0.29, 0.717) is 17.4 Å². The first-order chi connectivity index (χ1) is 16.6. The van der Waals surface area contributed by atoms with Gasteiger partial charge in [0.05, 0.1) is 26.1 Å². The van der Waals surface area contributed by atoms with Crippen molar-refractivity contribution in [3.8, 4) is 5.75 Å². The van der Waals surface area contributed by atoms with E-state index in [1.165, 1.54) is 11.5 Å². The van der Waals surface area contributed by atoms with Crippen molar-refractivity contribution in [2.24, 2.45) is 5.92 Å². The van der Waals surface area contributed by atoms with Crippen LogP contribution < -0.4 is 21.4 Å². The number of hydrogen-bond acceptors (Lipinski definition) is 6. The highest BCUT2D eigenvalue weighted by Crippen LogP contribution is 2.27. The fraction of sp³-hybridized carbons (Fsp3) is 0.385. The van der Waals surface area contributed by atoms with Crippen molar-refractivity contribution in [3.05, 3.63) is 80.1 Å². The molecule has 3 aromatic rings. The third kappa shape index (κ3) is 6.38. The summed E-state index contributed by atoms with van der Waals surface area (Å²) in [6.45, 7) is 7.88. The van der Waals surface area contributed by atoms with Crippen molar-refractivity contribution in [2.75, 3.05) is 12.4 Å². The normalized spacial score (nSPS) is 11.9. The van der Waals surface area contributed by atoms with Gasteiger partial charge in [-0.05, 0) is 43.4 Å². The molecular formula is C26H32N4O5. The molecule has 0 unspecified atom stereocenters. The SMILES string of the molecule is COc1cc(Nc2nc(=O)n([C@@H](C)CC(=O)O)c(=O)n2Cc2ccc(C)cc2)ccc1CC(C)C. The molecule has 0 bridgehead atoms. The van der Waals surface area contributed by atoms with Crippen molar-refractivity contribution in [1.82, 2.24) is 14.1 Å². The molecule has 186 valence electrons. The van der Waals surface area contributed by atoms with Gasteiger partial charge in [-0.15, -0.1) is 0 Å². The van der Waals surface area contributed by atoms with E-state index in [2.05, 4.69) is 24.1 Å². The summed E-state index contributed by atoms with van der Waals surface area (Å²) in [5.41, 5.74) is 2.13. The van der Waals surface area contributed by atoms with Gasteiger partial charge in [0.15, 0.2) is 0 Å². The van der Waals surface area contributed by atoms with Crippen LogP contribution in [-0.2, 0) is 17.8 Å². The lowest BCUT2D eigenvalue weighted by molar-refractivity contribution is -0.137. The fourth-order valence-corrected chi connectivity index (χ4v) is 3.90. The predicted octanol–water partition coefficient (Wildman–Crippen LogP) is 3.75. The number of aryl methyl sites for hydroxylation is 1. The van der Waals surface area contributed by atoms with Gasteiger partial charge in [0, 0.05) is 11.8 Å². The van der Waals surface area contributed by atoms with Gasteiger partial charge in [0.1, 0.15) is 5.75 Å². The summed E-state index contributed by atoms with van der Waals surface area (Å²) in [6, 6.07) is 12.4. The molecule has 0 aliphatic heterocycles. The van der Waals surface area contributed by atoms with E-state index in [0.717, 1.165) is 27.7 Å². The summed E-state index contributed by atoms with van der Waals surface area (Å²) >= 11 is 0. The number of ether oxygens (including phenoxy) is 1. The predicted molar refractivity (Wildman–Crippen MR) is 135 cm³/mol. The van der Waals surface area contributed by atoms with E-state index >= 15 is 0 Å². The van der Waals surface area contributed by atoms with E-state index in [1.807, 2.05) is 43.3 Å². The highest BCUT2D eigenvalue weighted by Gasteiger charge is 2.20. The Morgan fingerprint density at radius 2 is 1.80 bits per heavy atom. The lowest BCUT2D eigenvalue weighted by atomic mass is 10.0. The molecule has 35 heavy (non-hydrogen) atoms. The molecule has 9 heteroatoms. The Bertz CT molecular complexity index is 1310. The number of anilines is 2. The third-order valence-electron chi connectivity index (χ3n) is 5.64. The number of carboxylic acids is 1. The lowest BCUT2D eigenvalue weighted by Gasteiger charge is -2.19. The summed E-state index contributed by atoms with van der Waals surface area (Å²) < 4.78 is 7.78. The molecule has 0 aliphatic carbocycles. The maximum absolute atomic E-state index is 13.4. The van der Waals surface area contributed by atoms with Gasteiger partial charge in [0.25, 0.3) is 0 Å². The molecule has 3 rings (SSSR count). The van der Waals surface area contributed by atoms with E-state index in [-0.39, 0.29) is 18.9 Å². The van der Waals surface area contributed by atoms with Gasteiger partial charge >= 0.3 is 17.3 Å². The standard InChI is InChI=1S/C26H32N4O5/c1-16(2)12-20-10-11-21(14-22(20)35-5)27-24-28-25(33)30(18(4)13-23(31)32)26(34)29(24)15-19-8-6-17(3)7-9-19/h6-11,14,16,18H,12-13,15H2,1-5H3,(H,31,32)(H,27,28,33)/t18-/m0/s1. The van der Waals surface area contributed by atoms with Crippen LogP contribution in [0.5, 0.6) is 5.75 Å². The van der Waals surface area contributed by atoms with Crippen LogP contribution >= 0.6 is 0 Å². The zero-order chi connectivity index (χ0) is 25.7. The van der Waals surface area contributed by atoms with Crippen LogP contribution in [0.15, 0.2) is 52.1 Å². The van der Waals surface area contributed by atoms with Crippen LogP contribution in [-0.4, -0.2) is 32.3 Å². The Kier molecular flexibility index (Phi) is 8.11. The quantitative estimate of drug-likeness (QED) is 0.454. The Hall–Kier alpha value is -3.88. The van der Waals surface area contributed by atoms with Gasteiger partial charge in [-0.3, -0.25) is 9.36 Å². The highest BCUT2D eigenvalue weighted by atomic mass is 16.5. The van der Waals surface area contributed by atoms with E-state index < -0.39 is 23.4 Å². The molecule has 2 aromatic carbocycles. The molecule has 0 fully saturated rings. The highest BCUT2D eigenvalue weighted by molar-refractivity contribution is 5.67. The maximum atomic E-state index is 13.4. The second kappa shape index (κ2) is 11.0. The van der Waals surface area contributed by atoms with Crippen molar-refractivity contribution in [1.29, 1.82) is 0 Å². The van der Waals surface area contributed by atoms with E-state index in [4.69, 9.17) is 9.84 Å². The maximum Gasteiger partial charge on any atom is 0.355 e. The van der Waals surface area contributed by atoms with Crippen LogP contribution in [0.2, 0.25) is 0 Å². The van der Waals surface area contributed by atoms with Crippen LogP contribution in [0.1, 0.15) is 49.9 Å². The van der Waals surface area contributed by atoms with Gasteiger partial charge in [-0.25, -0.2) is 14.2 Å². The summed E-state index contributed by atoms with van der Waals surface area (Å²) in [5.74, 6) is 0.103. The molecule has 1 heterocycles. The molecule has 2 N–H and O–H groups in total. The zero-order valence-electron chi connectivity index (χ0n) is 20.7. The number of carbonyl (C=O) groups is 1. The number of methoxy groups -OCH3 is 1. The number of nitrogens with one attached hydrogen (secondary N) is 1. The summed E-state index contributed by atoms with van der Waals surface area (Å²) in [5, 5.41) is 12.3. The molecule has 1 atom stereocenters. The number of aliphatic carboxylic acids is 1. The molecule has 0 saturated carbocycles. The Morgan fingerprint density at radius 1 is 1.11 bits per heavy atom. The monoisotopic (exact) mass is 480 g/mol. The molecular weight excluding hydrogens is 448 g/mol. The summed E-state index contributed by atoms with van der Waals surface area (Å²) in [4.78, 5) is 41.6. The molecule has 0 aliphatic rings. The average Bonchev–Trinajstić information content (AvgIpc) is 2.77. The Morgan fingerprint density at radius 3 is 2.40 bits per heavy atom. The molecule has 9 nitrogen and oxygen atoms in total. The largest absolute Gasteiger partial charge is 0.496 e. The average molecular weight is 481 g/mol. The molecule has 0 radical (unpaired) electrons. The number of carboxylic acid groups (broad SMARTS) is 1. The molecule has 0 saturated heterocycles. The zero-order valence-corrected chi connectivity index (χ0v) is 20.7. The smallest absolute Gasteiger partial charge is 0.355 e. The first kappa shape index (κ1) is 25.7. The number of rotatable bonds is 10. The van der Waals surface area contributed by atoms with Crippen molar-refractivity contribution < 1.29 is 14.6 Å². The lowest BCUT2D eigenvalue weighted by Crippen LogP contribution is -2.44. The first-order valence-electron chi connectivity index (χ1n) is 11.5. The minimum Gasteiger partial charge on any atom is -0.496 e. The van der Waals surface area contributed by atoms with Crippen molar-refractivity contribution in [3.63, 3.8) is 0 Å². The van der Waals surface area contributed by atoms with Crippen LogP contribution in [0.4, 0.5) is 11.6 Å². The van der Waals surface area contributed by atoms with Gasteiger partial charge < -0.3 is 15.2 Å². The van der Waals surface area contributed by atoms with Crippen LogP contribution in [0.3, 0.4) is 0 Å². The summed E-state index contributed by atoms with van der Waals surface area (Å²) in [6.07, 6.45) is 0.472. The number of aromatic nitrogens is 3. The molecule has 0 amide bonds. The van der Waals surface area contributed by atoms with E-state index in [9.17, 15) is 14.4 Å². The van der Waals surface area contributed by atoms with Crippen molar-refractivity contribution in [2.45, 2.75) is 53.1 Å². The van der Waals surface area contributed by atoms with Crippen molar-refractivity contribution >= 4 is 17.6 Å². The molecule has 1 aromatic heterocycles. The summed E-state index contributed by atoms with van der Waals surface area (Å²) in [7, 11) is 1.60. The van der Waals surface area contributed by atoms with Crippen LogP contribution in [0.25, 0.3) is 0 Å². The van der Waals surface area contributed by atoms with Crippen LogP contribution in [0, 0.1) is 12.8 Å². The minimum atomic E-state index is -1.11. The second-order valence-electron chi connectivity index (χ2n) is 9.14. The van der Waals surface area contributed by atoms with Gasteiger partial charge in [-0.2, -0.15) is 4.98 Å².